The molecule has 1 aliphatic carbocycles. The summed E-state index contributed by atoms with van der Waals surface area (Å²) >= 11 is 0. The van der Waals surface area contributed by atoms with Crippen LogP contribution >= 0.6 is 0 Å². The molecular weight excluding hydrogens is 428 g/mol. The molecule has 1 aromatic rings. The van der Waals surface area contributed by atoms with Gasteiger partial charge in [-0.15, -0.1) is 0 Å². The van der Waals surface area contributed by atoms with Crippen molar-refractivity contribution in [2.75, 3.05) is 6.54 Å². The number of carbonyl (C=O) groups excluding carboxylic acids is 3. The van der Waals surface area contributed by atoms with E-state index in [4.69, 9.17) is 5.21 Å². The average Bonchev–Trinajstić information content (AvgIpc) is 2.85. The van der Waals surface area contributed by atoms with Crippen molar-refractivity contribution >= 4 is 17.6 Å². The molecule has 0 bridgehead atoms. The summed E-state index contributed by atoms with van der Waals surface area (Å²) in [6, 6.07) is 10.1. The smallest absolute Gasteiger partial charge is 0.246 e. The minimum absolute atomic E-state index is 0.0252. The molecule has 0 spiro atoms. The van der Waals surface area contributed by atoms with Gasteiger partial charge in [0.25, 0.3) is 0 Å². The third-order valence-electron chi connectivity index (χ3n) is 7.02. The highest BCUT2D eigenvalue weighted by atomic mass is 16.5. The number of Topliss-reactive ketones (excluding diaryl/α,β-unsaturated/α-hetero) is 1. The second kappa shape index (κ2) is 17.3. The van der Waals surface area contributed by atoms with Crippen molar-refractivity contribution in [3.05, 3.63) is 35.9 Å². The second-order valence-corrected chi connectivity index (χ2v) is 9.78. The van der Waals surface area contributed by atoms with Gasteiger partial charge in [0.2, 0.25) is 11.8 Å². The summed E-state index contributed by atoms with van der Waals surface area (Å²) in [5.74, 6) is -0.172. The number of hydrogen-bond acceptors (Lipinski definition) is 4. The SMILES string of the molecule is O=C(C[C@H]1CCCCC1=O)NCCCCCCCCCC[C@H](CCc1ccccc1)C(=O)NO. The zero-order valence-corrected chi connectivity index (χ0v) is 20.7. The van der Waals surface area contributed by atoms with Crippen LogP contribution in [0.5, 0.6) is 0 Å². The van der Waals surface area contributed by atoms with Crippen LogP contribution in [-0.4, -0.2) is 29.3 Å². The monoisotopic (exact) mass is 472 g/mol. The number of rotatable bonds is 17. The fourth-order valence-corrected chi connectivity index (χ4v) is 4.85. The summed E-state index contributed by atoms with van der Waals surface area (Å²) in [6.45, 7) is 0.705. The molecule has 0 heterocycles. The van der Waals surface area contributed by atoms with Crippen molar-refractivity contribution in [1.82, 2.24) is 10.8 Å². The van der Waals surface area contributed by atoms with Crippen LogP contribution in [0.2, 0.25) is 0 Å². The lowest BCUT2D eigenvalue weighted by atomic mass is 9.85. The van der Waals surface area contributed by atoms with Crippen molar-refractivity contribution in [2.24, 2.45) is 11.8 Å². The molecule has 0 aromatic heterocycles. The molecular formula is C28H44N2O4. The quantitative estimate of drug-likeness (QED) is 0.158. The van der Waals surface area contributed by atoms with E-state index in [1.54, 1.807) is 0 Å². The zero-order valence-electron chi connectivity index (χ0n) is 20.7. The van der Waals surface area contributed by atoms with E-state index < -0.39 is 0 Å². The van der Waals surface area contributed by atoms with Gasteiger partial charge in [0, 0.05) is 31.2 Å². The van der Waals surface area contributed by atoms with Crippen molar-refractivity contribution in [2.45, 2.75) is 103 Å². The number of aryl methyl sites for hydroxylation is 1. The summed E-state index contributed by atoms with van der Waals surface area (Å²) in [5, 5.41) is 12.0. The van der Waals surface area contributed by atoms with Crippen LogP contribution in [0.4, 0.5) is 0 Å². The standard InChI is InChI=1S/C28H44N2O4/c31-26-18-12-11-17-25(26)22-27(32)29-21-13-6-4-2-1-3-5-10-16-24(28(33)30-34)20-19-23-14-8-7-9-15-23/h7-9,14-15,24-25,34H,1-6,10-13,16-22H2,(H,29,32)(H,30,33)/t24-,25-/m1/s1. The Bertz CT molecular complexity index is 722. The van der Waals surface area contributed by atoms with Crippen LogP contribution in [0.3, 0.4) is 0 Å². The molecule has 2 amide bonds. The van der Waals surface area contributed by atoms with E-state index in [1.807, 2.05) is 23.7 Å². The first-order chi connectivity index (χ1) is 16.6. The van der Waals surface area contributed by atoms with Crippen molar-refractivity contribution in [3.8, 4) is 0 Å². The van der Waals surface area contributed by atoms with Gasteiger partial charge in [-0.3, -0.25) is 19.6 Å². The molecule has 2 atom stereocenters. The van der Waals surface area contributed by atoms with Gasteiger partial charge in [0.1, 0.15) is 5.78 Å². The molecule has 3 N–H and O–H groups in total. The van der Waals surface area contributed by atoms with Crippen LogP contribution in [0.25, 0.3) is 0 Å². The summed E-state index contributed by atoms with van der Waals surface area (Å²) in [6.07, 6.45) is 15.3. The Labute approximate surface area is 205 Å². The fraction of sp³-hybridized carbons (Fsp3) is 0.679. The summed E-state index contributed by atoms with van der Waals surface area (Å²) in [4.78, 5) is 35.8. The Kier molecular flexibility index (Phi) is 14.2. The van der Waals surface area contributed by atoms with E-state index in [0.29, 0.717) is 19.4 Å². The predicted octanol–water partition coefficient (Wildman–Crippen LogP) is 5.52. The predicted molar refractivity (Wildman–Crippen MR) is 134 cm³/mol. The Morgan fingerprint density at radius 1 is 0.912 bits per heavy atom. The van der Waals surface area contributed by atoms with Gasteiger partial charge in [0.05, 0.1) is 0 Å². The molecule has 190 valence electrons. The Hall–Kier alpha value is -2.21. The molecule has 2 rings (SSSR count). The molecule has 1 saturated carbocycles. The first kappa shape index (κ1) is 28.0. The topological polar surface area (TPSA) is 95.5 Å². The Morgan fingerprint density at radius 2 is 1.59 bits per heavy atom. The zero-order chi connectivity index (χ0) is 24.4. The maximum Gasteiger partial charge on any atom is 0.246 e. The first-order valence-electron chi connectivity index (χ1n) is 13.4. The van der Waals surface area contributed by atoms with E-state index in [1.165, 1.54) is 24.8 Å². The highest BCUT2D eigenvalue weighted by Crippen LogP contribution is 2.23. The number of hydrogen-bond donors (Lipinski definition) is 3. The Balaban J connectivity index is 1.43. The lowest BCUT2D eigenvalue weighted by molar-refractivity contribution is -0.133. The third-order valence-corrected chi connectivity index (χ3v) is 7.02. The maximum atomic E-state index is 12.0. The molecule has 1 fully saturated rings. The molecule has 6 nitrogen and oxygen atoms in total. The summed E-state index contributed by atoms with van der Waals surface area (Å²) < 4.78 is 0. The van der Waals surface area contributed by atoms with Crippen molar-refractivity contribution < 1.29 is 19.6 Å². The molecule has 0 aliphatic heterocycles. The first-order valence-corrected chi connectivity index (χ1v) is 13.4. The fourth-order valence-electron chi connectivity index (χ4n) is 4.85. The van der Waals surface area contributed by atoms with E-state index in [2.05, 4.69) is 17.4 Å². The van der Waals surface area contributed by atoms with Crippen LogP contribution in [-0.2, 0) is 20.8 Å². The molecule has 1 aliphatic rings. The van der Waals surface area contributed by atoms with Gasteiger partial charge >= 0.3 is 0 Å². The second-order valence-electron chi connectivity index (χ2n) is 9.78. The molecule has 0 unspecified atom stereocenters. The van der Waals surface area contributed by atoms with Gasteiger partial charge in [-0.1, -0.05) is 81.7 Å². The van der Waals surface area contributed by atoms with Crippen LogP contribution in [0.15, 0.2) is 30.3 Å². The van der Waals surface area contributed by atoms with E-state index in [0.717, 1.165) is 70.6 Å². The van der Waals surface area contributed by atoms with Crippen molar-refractivity contribution in [1.29, 1.82) is 0 Å². The number of hydroxylamine groups is 1. The maximum absolute atomic E-state index is 12.0. The summed E-state index contributed by atoms with van der Waals surface area (Å²) in [7, 11) is 0. The number of carbonyl (C=O) groups is 3. The van der Waals surface area contributed by atoms with Gasteiger partial charge in [-0.05, 0) is 44.1 Å². The molecule has 34 heavy (non-hydrogen) atoms. The van der Waals surface area contributed by atoms with Crippen LogP contribution < -0.4 is 10.8 Å². The highest BCUT2D eigenvalue weighted by Gasteiger charge is 2.24. The van der Waals surface area contributed by atoms with E-state index in [-0.39, 0.29) is 29.4 Å². The van der Waals surface area contributed by atoms with Gasteiger partial charge in [0.15, 0.2) is 0 Å². The van der Waals surface area contributed by atoms with Crippen LogP contribution in [0.1, 0.15) is 102 Å². The lowest BCUT2D eigenvalue weighted by Crippen LogP contribution is -2.30. The number of ketones is 1. The largest absolute Gasteiger partial charge is 0.356 e. The molecule has 0 saturated heterocycles. The van der Waals surface area contributed by atoms with Gasteiger partial charge < -0.3 is 5.32 Å². The number of amides is 2. The number of nitrogens with one attached hydrogen (secondary N) is 2. The normalized spacial score (nSPS) is 16.7. The average molecular weight is 473 g/mol. The van der Waals surface area contributed by atoms with Crippen molar-refractivity contribution in [3.63, 3.8) is 0 Å². The molecule has 1 aromatic carbocycles. The van der Waals surface area contributed by atoms with Gasteiger partial charge in [-0.25, -0.2) is 5.48 Å². The highest BCUT2D eigenvalue weighted by molar-refractivity contribution is 5.87. The van der Waals surface area contributed by atoms with Gasteiger partial charge in [-0.2, -0.15) is 0 Å². The lowest BCUT2D eigenvalue weighted by Gasteiger charge is -2.19. The minimum atomic E-state index is -0.270. The minimum Gasteiger partial charge on any atom is -0.356 e. The van der Waals surface area contributed by atoms with E-state index in [9.17, 15) is 14.4 Å². The number of benzene rings is 1. The molecule has 6 heteroatoms. The number of unbranched alkanes of at least 4 members (excludes halogenated alkanes) is 7. The summed E-state index contributed by atoms with van der Waals surface area (Å²) in [5.41, 5.74) is 3.06. The third kappa shape index (κ3) is 11.8. The Morgan fingerprint density at radius 3 is 2.26 bits per heavy atom. The van der Waals surface area contributed by atoms with Crippen LogP contribution in [0, 0.1) is 11.8 Å². The molecule has 0 radical (unpaired) electrons. The van der Waals surface area contributed by atoms with E-state index >= 15 is 0 Å².